The molecular formula is C22H26N2O5. The third-order valence-electron chi connectivity index (χ3n) is 4.74. The number of benzene rings is 2. The lowest BCUT2D eigenvalue weighted by Gasteiger charge is -2.28. The van der Waals surface area contributed by atoms with Crippen LogP contribution in [0.3, 0.4) is 0 Å². The molecular weight excluding hydrogens is 372 g/mol. The quantitative estimate of drug-likeness (QED) is 0.754. The van der Waals surface area contributed by atoms with E-state index in [2.05, 4.69) is 10.2 Å². The van der Waals surface area contributed by atoms with E-state index in [1.807, 2.05) is 37.3 Å². The van der Waals surface area contributed by atoms with Crippen molar-refractivity contribution >= 4 is 23.3 Å². The number of carbonyl (C=O) groups excluding carboxylic acids is 2. The van der Waals surface area contributed by atoms with Crippen LogP contribution in [-0.4, -0.2) is 51.4 Å². The number of carbonyl (C=O) groups is 2. The zero-order valence-corrected chi connectivity index (χ0v) is 16.9. The highest BCUT2D eigenvalue weighted by molar-refractivity contribution is 5.98. The van der Waals surface area contributed by atoms with Gasteiger partial charge in [-0.15, -0.1) is 0 Å². The molecule has 1 aliphatic rings. The second-order valence-electron chi connectivity index (χ2n) is 6.89. The first-order valence-electron chi connectivity index (χ1n) is 9.57. The molecule has 0 unspecified atom stereocenters. The van der Waals surface area contributed by atoms with Gasteiger partial charge in [-0.25, -0.2) is 4.79 Å². The van der Waals surface area contributed by atoms with Gasteiger partial charge in [0, 0.05) is 24.5 Å². The molecule has 0 aromatic heterocycles. The van der Waals surface area contributed by atoms with Gasteiger partial charge in [0.05, 0.1) is 20.3 Å². The second-order valence-corrected chi connectivity index (χ2v) is 6.89. The maximum atomic E-state index is 12.5. The molecule has 1 amide bonds. The van der Waals surface area contributed by atoms with Gasteiger partial charge >= 0.3 is 5.97 Å². The normalized spacial score (nSPS) is 14.8. The van der Waals surface area contributed by atoms with Gasteiger partial charge in [0.15, 0.2) is 6.10 Å². The molecule has 0 saturated carbocycles. The molecule has 0 radical (unpaired) electrons. The van der Waals surface area contributed by atoms with E-state index in [4.69, 9.17) is 14.2 Å². The van der Waals surface area contributed by atoms with Crippen LogP contribution in [0.5, 0.6) is 5.75 Å². The fraction of sp³-hybridized carbons (Fsp3) is 0.364. The van der Waals surface area contributed by atoms with E-state index in [0.717, 1.165) is 24.3 Å². The Bertz CT molecular complexity index is 860. The number of nitrogens with zero attached hydrogens (tertiary/aromatic N) is 1. The SMILES string of the molecule is COc1ccc(C)cc1C(=O)O[C@H](C)C(=O)Nc1ccc(N2CCOCC2)cc1. The van der Waals surface area contributed by atoms with Crippen molar-refractivity contribution < 1.29 is 23.8 Å². The van der Waals surface area contributed by atoms with Crippen LogP contribution in [0.25, 0.3) is 0 Å². The number of aryl methyl sites for hydroxylation is 1. The fourth-order valence-corrected chi connectivity index (χ4v) is 3.08. The average molecular weight is 398 g/mol. The summed E-state index contributed by atoms with van der Waals surface area (Å²) in [5, 5.41) is 2.78. The summed E-state index contributed by atoms with van der Waals surface area (Å²) < 4.78 is 15.9. The van der Waals surface area contributed by atoms with E-state index in [-0.39, 0.29) is 0 Å². The highest BCUT2D eigenvalue weighted by Gasteiger charge is 2.22. The summed E-state index contributed by atoms with van der Waals surface area (Å²) in [5.41, 5.74) is 2.91. The maximum Gasteiger partial charge on any atom is 0.342 e. The predicted molar refractivity (Wildman–Crippen MR) is 111 cm³/mol. The molecule has 1 fully saturated rings. The molecule has 7 nitrogen and oxygen atoms in total. The molecule has 0 spiro atoms. The minimum absolute atomic E-state index is 0.294. The summed E-state index contributed by atoms with van der Waals surface area (Å²) in [4.78, 5) is 27.1. The largest absolute Gasteiger partial charge is 0.496 e. The molecule has 1 N–H and O–H groups in total. The van der Waals surface area contributed by atoms with Gasteiger partial charge in [-0.3, -0.25) is 4.79 Å². The van der Waals surface area contributed by atoms with Crippen LogP contribution in [0.1, 0.15) is 22.8 Å². The first-order valence-corrected chi connectivity index (χ1v) is 9.57. The number of rotatable bonds is 6. The Morgan fingerprint density at radius 3 is 2.45 bits per heavy atom. The summed E-state index contributed by atoms with van der Waals surface area (Å²) >= 11 is 0. The lowest BCUT2D eigenvalue weighted by Crippen LogP contribution is -2.36. The van der Waals surface area contributed by atoms with E-state index in [1.165, 1.54) is 14.0 Å². The molecule has 0 bridgehead atoms. The van der Waals surface area contributed by atoms with E-state index in [0.29, 0.717) is 30.2 Å². The van der Waals surface area contributed by atoms with Crippen LogP contribution >= 0.6 is 0 Å². The summed E-state index contributed by atoms with van der Waals surface area (Å²) in [6.45, 7) is 6.53. The lowest BCUT2D eigenvalue weighted by molar-refractivity contribution is -0.123. The van der Waals surface area contributed by atoms with Crippen LogP contribution in [0.2, 0.25) is 0 Å². The van der Waals surface area contributed by atoms with Crippen LogP contribution in [0.15, 0.2) is 42.5 Å². The van der Waals surface area contributed by atoms with Crippen molar-refractivity contribution in [2.45, 2.75) is 20.0 Å². The highest BCUT2D eigenvalue weighted by Crippen LogP contribution is 2.22. The topological polar surface area (TPSA) is 77.1 Å². The van der Waals surface area contributed by atoms with Crippen molar-refractivity contribution in [1.29, 1.82) is 0 Å². The number of ether oxygens (including phenoxy) is 3. The molecule has 1 heterocycles. The number of hydrogen-bond acceptors (Lipinski definition) is 6. The Balaban J connectivity index is 1.59. The number of amides is 1. The fourth-order valence-electron chi connectivity index (χ4n) is 3.08. The van der Waals surface area contributed by atoms with Crippen molar-refractivity contribution in [3.63, 3.8) is 0 Å². The van der Waals surface area contributed by atoms with Crippen molar-refractivity contribution in [2.75, 3.05) is 43.6 Å². The van der Waals surface area contributed by atoms with Crippen LogP contribution in [-0.2, 0) is 14.3 Å². The molecule has 2 aromatic rings. The molecule has 1 aliphatic heterocycles. The van der Waals surface area contributed by atoms with E-state index >= 15 is 0 Å². The van der Waals surface area contributed by atoms with Gasteiger partial charge in [0.2, 0.25) is 0 Å². The third-order valence-corrected chi connectivity index (χ3v) is 4.74. The van der Waals surface area contributed by atoms with Crippen molar-refractivity contribution in [3.8, 4) is 5.75 Å². The van der Waals surface area contributed by atoms with E-state index in [9.17, 15) is 9.59 Å². The van der Waals surface area contributed by atoms with Gasteiger partial charge in [0.1, 0.15) is 11.3 Å². The van der Waals surface area contributed by atoms with Crippen LogP contribution in [0, 0.1) is 6.92 Å². The van der Waals surface area contributed by atoms with Crippen molar-refractivity contribution in [2.24, 2.45) is 0 Å². The van der Waals surface area contributed by atoms with Gasteiger partial charge in [-0.2, -0.15) is 0 Å². The Morgan fingerprint density at radius 2 is 1.79 bits per heavy atom. The zero-order valence-electron chi connectivity index (χ0n) is 16.9. The number of anilines is 2. The highest BCUT2D eigenvalue weighted by atomic mass is 16.5. The predicted octanol–water partition coefficient (Wildman–Crippen LogP) is 3.02. The summed E-state index contributed by atoms with van der Waals surface area (Å²) in [6.07, 6.45) is -0.952. The molecule has 2 aromatic carbocycles. The first kappa shape index (κ1) is 20.7. The molecule has 0 aliphatic carbocycles. The van der Waals surface area contributed by atoms with Gasteiger partial charge in [-0.05, 0) is 50.2 Å². The monoisotopic (exact) mass is 398 g/mol. The standard InChI is InChI=1S/C22H26N2O5/c1-15-4-9-20(27-3)19(14-15)22(26)29-16(2)21(25)23-17-5-7-18(8-6-17)24-10-12-28-13-11-24/h4-9,14,16H,10-13H2,1-3H3,(H,23,25)/t16-/m1/s1. The maximum absolute atomic E-state index is 12.5. The van der Waals surface area contributed by atoms with E-state index in [1.54, 1.807) is 12.1 Å². The summed E-state index contributed by atoms with van der Waals surface area (Å²) in [7, 11) is 1.48. The number of hydrogen-bond donors (Lipinski definition) is 1. The zero-order chi connectivity index (χ0) is 20.8. The Kier molecular flexibility index (Phi) is 6.72. The smallest absolute Gasteiger partial charge is 0.342 e. The molecule has 7 heteroatoms. The Labute approximate surface area is 170 Å². The number of morpholine rings is 1. The Morgan fingerprint density at radius 1 is 1.10 bits per heavy atom. The molecule has 3 rings (SSSR count). The van der Waals surface area contributed by atoms with Gasteiger partial charge in [-0.1, -0.05) is 11.6 Å². The Hall–Kier alpha value is -3.06. The van der Waals surface area contributed by atoms with Crippen LogP contribution in [0.4, 0.5) is 11.4 Å². The molecule has 1 atom stereocenters. The van der Waals surface area contributed by atoms with Crippen LogP contribution < -0.4 is 15.0 Å². The second kappa shape index (κ2) is 9.43. The van der Waals surface area contributed by atoms with Crippen molar-refractivity contribution in [1.82, 2.24) is 0 Å². The van der Waals surface area contributed by atoms with Gasteiger partial charge < -0.3 is 24.4 Å². The first-order chi connectivity index (χ1) is 14.0. The number of nitrogens with one attached hydrogen (secondary N) is 1. The number of methoxy groups -OCH3 is 1. The minimum Gasteiger partial charge on any atom is -0.496 e. The molecule has 29 heavy (non-hydrogen) atoms. The minimum atomic E-state index is -0.952. The van der Waals surface area contributed by atoms with Crippen molar-refractivity contribution in [3.05, 3.63) is 53.6 Å². The molecule has 154 valence electrons. The third kappa shape index (κ3) is 5.26. The summed E-state index contributed by atoms with van der Waals surface area (Å²) in [5.74, 6) is -0.591. The van der Waals surface area contributed by atoms with E-state index < -0.39 is 18.0 Å². The number of esters is 1. The van der Waals surface area contributed by atoms with Gasteiger partial charge in [0.25, 0.3) is 5.91 Å². The average Bonchev–Trinajstić information content (AvgIpc) is 2.74. The summed E-state index contributed by atoms with van der Waals surface area (Å²) in [6, 6.07) is 12.8. The lowest BCUT2D eigenvalue weighted by atomic mass is 10.1. The molecule has 1 saturated heterocycles.